The van der Waals surface area contributed by atoms with E-state index in [1.165, 1.54) is 19.1 Å². The summed E-state index contributed by atoms with van der Waals surface area (Å²) in [4.78, 5) is 34.8. The van der Waals surface area contributed by atoms with E-state index in [4.69, 9.17) is 4.74 Å². The van der Waals surface area contributed by atoms with Crippen molar-refractivity contribution in [1.29, 1.82) is 0 Å². The molecule has 0 fully saturated rings. The number of rotatable bonds is 6. The maximum atomic E-state index is 12.0. The predicted octanol–water partition coefficient (Wildman–Crippen LogP) is 2.22. The van der Waals surface area contributed by atoms with Crippen LogP contribution in [0.3, 0.4) is 0 Å². The van der Waals surface area contributed by atoms with Crippen molar-refractivity contribution in [3.05, 3.63) is 42.1 Å². The van der Waals surface area contributed by atoms with E-state index in [2.05, 4.69) is 15.7 Å². The van der Waals surface area contributed by atoms with Gasteiger partial charge in [-0.3, -0.25) is 9.59 Å². The number of esters is 1. The van der Waals surface area contributed by atoms with Crippen LogP contribution in [-0.4, -0.2) is 34.2 Å². The fourth-order valence-corrected chi connectivity index (χ4v) is 2.11. The van der Waals surface area contributed by atoms with E-state index in [9.17, 15) is 14.4 Å². The maximum absolute atomic E-state index is 12.0. The number of hydrogen-bond acceptors (Lipinski definition) is 5. The first-order valence-corrected chi connectivity index (χ1v) is 7.75. The standard InChI is InChI=1S/C17H20N4O4/c1-11(2)21-15(8-9-18-21)20-16(23)10-25-17(24)13-4-6-14(7-5-13)19-12(3)22/h4-9,11H,10H2,1-3H3,(H,19,22)(H,20,23). The lowest BCUT2D eigenvalue weighted by atomic mass is 10.2. The lowest BCUT2D eigenvalue weighted by Gasteiger charge is -2.12. The Labute approximate surface area is 145 Å². The van der Waals surface area contributed by atoms with Gasteiger partial charge in [-0.2, -0.15) is 5.10 Å². The predicted molar refractivity (Wildman–Crippen MR) is 92.3 cm³/mol. The number of nitrogens with zero attached hydrogens (tertiary/aromatic N) is 2. The van der Waals surface area contributed by atoms with E-state index in [1.807, 2.05) is 13.8 Å². The van der Waals surface area contributed by atoms with Gasteiger partial charge in [0.1, 0.15) is 5.82 Å². The molecule has 2 N–H and O–H groups in total. The molecule has 0 radical (unpaired) electrons. The van der Waals surface area contributed by atoms with Crippen LogP contribution in [0, 0.1) is 0 Å². The second-order valence-electron chi connectivity index (χ2n) is 5.64. The molecule has 25 heavy (non-hydrogen) atoms. The molecule has 0 unspecified atom stereocenters. The number of hydrogen-bond donors (Lipinski definition) is 2. The van der Waals surface area contributed by atoms with Gasteiger partial charge in [-0.1, -0.05) is 0 Å². The number of nitrogens with one attached hydrogen (secondary N) is 2. The Morgan fingerprint density at radius 2 is 1.80 bits per heavy atom. The third kappa shape index (κ3) is 5.17. The Bertz CT molecular complexity index is 765. The average molecular weight is 344 g/mol. The molecule has 0 aliphatic heterocycles. The number of carbonyl (C=O) groups excluding carboxylic acids is 3. The van der Waals surface area contributed by atoms with Gasteiger partial charge in [0.2, 0.25) is 5.91 Å². The van der Waals surface area contributed by atoms with Crippen LogP contribution >= 0.6 is 0 Å². The van der Waals surface area contributed by atoms with E-state index in [1.54, 1.807) is 29.1 Å². The van der Waals surface area contributed by atoms with Crippen molar-refractivity contribution in [2.45, 2.75) is 26.8 Å². The van der Waals surface area contributed by atoms with Crippen molar-refractivity contribution < 1.29 is 19.1 Å². The molecule has 0 aliphatic rings. The zero-order valence-electron chi connectivity index (χ0n) is 14.3. The first-order chi connectivity index (χ1) is 11.9. The fourth-order valence-electron chi connectivity index (χ4n) is 2.11. The zero-order valence-corrected chi connectivity index (χ0v) is 14.3. The second-order valence-corrected chi connectivity index (χ2v) is 5.64. The quantitative estimate of drug-likeness (QED) is 0.782. The number of anilines is 2. The third-order valence-electron chi connectivity index (χ3n) is 3.20. The summed E-state index contributed by atoms with van der Waals surface area (Å²) in [6.45, 7) is 4.86. The summed E-state index contributed by atoms with van der Waals surface area (Å²) in [7, 11) is 0. The highest BCUT2D eigenvalue weighted by molar-refractivity contribution is 5.95. The van der Waals surface area contributed by atoms with Gasteiger partial charge in [0.05, 0.1) is 11.8 Å². The molecule has 1 aromatic heterocycles. The minimum Gasteiger partial charge on any atom is -0.452 e. The molecule has 1 heterocycles. The number of aromatic nitrogens is 2. The van der Waals surface area contributed by atoms with Crippen molar-refractivity contribution in [2.24, 2.45) is 0 Å². The summed E-state index contributed by atoms with van der Waals surface area (Å²) in [5.41, 5.74) is 0.859. The molecular formula is C17H20N4O4. The Kier molecular flexibility index (Phi) is 5.89. The van der Waals surface area contributed by atoms with Crippen LogP contribution in [0.2, 0.25) is 0 Å². The molecule has 132 valence electrons. The van der Waals surface area contributed by atoms with Crippen molar-refractivity contribution in [2.75, 3.05) is 17.2 Å². The molecule has 0 saturated carbocycles. The molecule has 0 bridgehead atoms. The molecule has 8 nitrogen and oxygen atoms in total. The van der Waals surface area contributed by atoms with Crippen LogP contribution < -0.4 is 10.6 Å². The van der Waals surface area contributed by atoms with E-state index in [0.717, 1.165) is 0 Å². The summed E-state index contributed by atoms with van der Waals surface area (Å²) >= 11 is 0. The summed E-state index contributed by atoms with van der Waals surface area (Å²) in [5.74, 6) is -0.740. The van der Waals surface area contributed by atoms with Crippen molar-refractivity contribution in [1.82, 2.24) is 9.78 Å². The van der Waals surface area contributed by atoms with Gasteiger partial charge in [-0.25, -0.2) is 9.48 Å². The molecule has 0 atom stereocenters. The van der Waals surface area contributed by atoms with E-state index >= 15 is 0 Å². The summed E-state index contributed by atoms with van der Waals surface area (Å²) < 4.78 is 6.65. The van der Waals surface area contributed by atoms with E-state index in [-0.39, 0.29) is 17.5 Å². The molecule has 2 aromatic rings. The van der Waals surface area contributed by atoms with Crippen LogP contribution in [-0.2, 0) is 14.3 Å². The molecule has 2 amide bonds. The maximum Gasteiger partial charge on any atom is 0.338 e. The summed E-state index contributed by atoms with van der Waals surface area (Å²) in [6.07, 6.45) is 1.58. The van der Waals surface area contributed by atoms with E-state index < -0.39 is 18.5 Å². The molecule has 0 saturated heterocycles. The van der Waals surface area contributed by atoms with Crippen LogP contribution in [0.15, 0.2) is 36.5 Å². The van der Waals surface area contributed by atoms with Crippen LogP contribution in [0.25, 0.3) is 0 Å². The lowest BCUT2D eigenvalue weighted by molar-refractivity contribution is -0.119. The van der Waals surface area contributed by atoms with Crippen LogP contribution in [0.1, 0.15) is 37.2 Å². The normalized spacial score (nSPS) is 10.4. The Balaban J connectivity index is 1.87. The molecular weight excluding hydrogens is 324 g/mol. The molecule has 8 heteroatoms. The first kappa shape index (κ1) is 18.2. The SMILES string of the molecule is CC(=O)Nc1ccc(C(=O)OCC(=O)Nc2ccnn2C(C)C)cc1. The van der Waals surface area contributed by atoms with Gasteiger partial charge >= 0.3 is 5.97 Å². The van der Waals surface area contributed by atoms with Gasteiger partial charge < -0.3 is 15.4 Å². The third-order valence-corrected chi connectivity index (χ3v) is 3.20. The number of ether oxygens (including phenoxy) is 1. The Morgan fingerprint density at radius 3 is 2.40 bits per heavy atom. The molecule has 0 spiro atoms. The molecule has 2 rings (SSSR count). The minimum atomic E-state index is -0.623. The lowest BCUT2D eigenvalue weighted by Crippen LogP contribution is -2.23. The topological polar surface area (TPSA) is 102 Å². The number of carbonyl (C=O) groups is 3. The Morgan fingerprint density at radius 1 is 1.12 bits per heavy atom. The monoisotopic (exact) mass is 344 g/mol. The second kappa shape index (κ2) is 8.09. The van der Waals surface area contributed by atoms with Gasteiger partial charge in [0, 0.05) is 24.7 Å². The van der Waals surface area contributed by atoms with Crippen LogP contribution in [0.4, 0.5) is 11.5 Å². The average Bonchev–Trinajstić information content (AvgIpc) is 3.01. The van der Waals surface area contributed by atoms with Gasteiger partial charge in [-0.05, 0) is 38.1 Å². The molecule has 1 aromatic carbocycles. The largest absolute Gasteiger partial charge is 0.452 e. The van der Waals surface area contributed by atoms with Gasteiger partial charge in [0.25, 0.3) is 5.91 Å². The van der Waals surface area contributed by atoms with E-state index in [0.29, 0.717) is 11.5 Å². The Hall–Kier alpha value is -3.16. The highest BCUT2D eigenvalue weighted by atomic mass is 16.5. The fraction of sp³-hybridized carbons (Fsp3) is 0.294. The van der Waals surface area contributed by atoms with Gasteiger partial charge in [0.15, 0.2) is 6.61 Å². The number of amides is 2. The van der Waals surface area contributed by atoms with Crippen LogP contribution in [0.5, 0.6) is 0 Å². The summed E-state index contributed by atoms with van der Waals surface area (Å²) in [6, 6.07) is 7.95. The van der Waals surface area contributed by atoms with Gasteiger partial charge in [-0.15, -0.1) is 0 Å². The van der Waals surface area contributed by atoms with Crippen molar-refractivity contribution in [3.63, 3.8) is 0 Å². The van der Waals surface area contributed by atoms with Crippen molar-refractivity contribution >= 4 is 29.3 Å². The zero-order chi connectivity index (χ0) is 18.4. The number of benzene rings is 1. The van der Waals surface area contributed by atoms with Crippen molar-refractivity contribution in [3.8, 4) is 0 Å². The highest BCUT2D eigenvalue weighted by Gasteiger charge is 2.13. The highest BCUT2D eigenvalue weighted by Crippen LogP contribution is 2.13. The minimum absolute atomic E-state index is 0.0926. The summed E-state index contributed by atoms with van der Waals surface area (Å²) in [5, 5.41) is 9.35. The first-order valence-electron chi connectivity index (χ1n) is 7.75. The molecule has 0 aliphatic carbocycles. The smallest absolute Gasteiger partial charge is 0.338 e.